The largest absolute Gasteiger partial charge is 0.369 e. The Kier molecular flexibility index (Phi) is 5.11. The Labute approximate surface area is 128 Å². The van der Waals surface area contributed by atoms with Gasteiger partial charge in [-0.3, -0.25) is 4.79 Å². The number of aromatic nitrogens is 2. The minimum Gasteiger partial charge on any atom is -0.369 e. The third-order valence-corrected chi connectivity index (χ3v) is 3.23. The van der Waals surface area contributed by atoms with Crippen LogP contribution in [-0.4, -0.2) is 22.6 Å². The zero-order valence-corrected chi connectivity index (χ0v) is 12.7. The van der Waals surface area contributed by atoms with E-state index in [2.05, 4.69) is 27.8 Å². The topological polar surface area (TPSA) is 66.9 Å². The van der Waals surface area contributed by atoms with Crippen molar-refractivity contribution in [3.63, 3.8) is 0 Å². The Bertz CT molecular complexity index is 608. The van der Waals surface area contributed by atoms with Crippen LogP contribution in [0.2, 0.25) is 5.02 Å². The van der Waals surface area contributed by atoms with Gasteiger partial charge in [0.2, 0.25) is 0 Å². The van der Waals surface area contributed by atoms with Crippen molar-refractivity contribution < 1.29 is 4.79 Å². The van der Waals surface area contributed by atoms with Gasteiger partial charge >= 0.3 is 0 Å². The van der Waals surface area contributed by atoms with Gasteiger partial charge in [-0.2, -0.15) is 0 Å². The Hall–Kier alpha value is -2.14. The van der Waals surface area contributed by atoms with Crippen molar-refractivity contribution in [2.45, 2.75) is 20.3 Å². The first kappa shape index (κ1) is 15.3. The zero-order chi connectivity index (χ0) is 15.2. The van der Waals surface area contributed by atoms with E-state index >= 15 is 0 Å². The van der Waals surface area contributed by atoms with Gasteiger partial charge in [0.25, 0.3) is 5.91 Å². The van der Waals surface area contributed by atoms with Gasteiger partial charge in [0.1, 0.15) is 5.82 Å². The van der Waals surface area contributed by atoms with Crippen LogP contribution in [0.4, 0.5) is 11.5 Å². The third-order valence-electron chi connectivity index (χ3n) is 2.91. The molecule has 0 bridgehead atoms. The molecule has 1 aromatic heterocycles. The molecule has 110 valence electrons. The molecular weight excluding hydrogens is 288 g/mol. The summed E-state index contributed by atoms with van der Waals surface area (Å²) in [7, 11) is 0. The molecule has 0 unspecified atom stereocenters. The maximum atomic E-state index is 12.2. The van der Waals surface area contributed by atoms with Crippen molar-refractivity contribution in [1.82, 2.24) is 10.2 Å². The monoisotopic (exact) mass is 304 g/mol. The van der Waals surface area contributed by atoms with Crippen LogP contribution >= 0.6 is 11.6 Å². The van der Waals surface area contributed by atoms with Crippen LogP contribution in [0.15, 0.2) is 30.3 Å². The Morgan fingerprint density at radius 3 is 2.67 bits per heavy atom. The van der Waals surface area contributed by atoms with Crippen molar-refractivity contribution in [2.75, 3.05) is 17.2 Å². The highest BCUT2D eigenvalue weighted by Crippen LogP contribution is 2.25. The molecule has 2 aromatic rings. The molecule has 2 N–H and O–H groups in total. The number of para-hydroxylation sites is 1. The number of aryl methyl sites for hydroxylation is 1. The second-order valence-electron chi connectivity index (χ2n) is 4.62. The lowest BCUT2D eigenvalue weighted by Gasteiger charge is -2.09. The summed E-state index contributed by atoms with van der Waals surface area (Å²) in [5, 5.41) is 14.3. The first-order chi connectivity index (χ1) is 10.1. The number of nitrogens with one attached hydrogen (secondary N) is 2. The van der Waals surface area contributed by atoms with E-state index in [1.165, 1.54) is 0 Å². The van der Waals surface area contributed by atoms with Crippen LogP contribution in [0, 0.1) is 6.92 Å². The molecule has 2 rings (SSSR count). The Morgan fingerprint density at radius 2 is 2.05 bits per heavy atom. The maximum Gasteiger partial charge on any atom is 0.276 e. The molecule has 0 aliphatic heterocycles. The second kappa shape index (κ2) is 7.04. The fourth-order valence-corrected chi connectivity index (χ4v) is 2.04. The summed E-state index contributed by atoms with van der Waals surface area (Å²) in [6.45, 7) is 4.76. The predicted octanol–water partition coefficient (Wildman–Crippen LogP) is 3.51. The highest BCUT2D eigenvalue weighted by molar-refractivity contribution is 6.34. The lowest BCUT2D eigenvalue weighted by atomic mass is 10.2. The van der Waals surface area contributed by atoms with Gasteiger partial charge in [0, 0.05) is 6.54 Å². The summed E-state index contributed by atoms with van der Waals surface area (Å²) >= 11 is 6.08. The van der Waals surface area contributed by atoms with Crippen LogP contribution < -0.4 is 10.6 Å². The molecule has 0 radical (unpaired) electrons. The third kappa shape index (κ3) is 3.92. The highest BCUT2D eigenvalue weighted by Gasteiger charge is 2.12. The fourth-order valence-electron chi connectivity index (χ4n) is 1.77. The molecule has 0 saturated carbocycles. The van der Waals surface area contributed by atoms with Gasteiger partial charge in [0.15, 0.2) is 5.69 Å². The number of benzene rings is 1. The number of nitrogens with zero attached hydrogens (tertiary/aromatic N) is 2. The fraction of sp³-hybridized carbons (Fsp3) is 0.267. The highest BCUT2D eigenvalue weighted by atomic mass is 35.5. The molecule has 0 spiro atoms. The van der Waals surface area contributed by atoms with Crippen LogP contribution in [0.5, 0.6) is 0 Å². The summed E-state index contributed by atoms with van der Waals surface area (Å²) in [5.41, 5.74) is 1.74. The molecule has 0 fully saturated rings. The van der Waals surface area contributed by atoms with Gasteiger partial charge in [-0.15, -0.1) is 10.2 Å². The summed E-state index contributed by atoms with van der Waals surface area (Å²) in [6.07, 6.45) is 0.996. The first-order valence-corrected chi connectivity index (χ1v) is 7.13. The van der Waals surface area contributed by atoms with E-state index in [9.17, 15) is 4.79 Å². The van der Waals surface area contributed by atoms with Gasteiger partial charge in [-0.25, -0.2) is 0 Å². The van der Waals surface area contributed by atoms with Gasteiger partial charge in [0.05, 0.1) is 10.7 Å². The summed E-state index contributed by atoms with van der Waals surface area (Å²) in [4.78, 5) is 12.2. The summed E-state index contributed by atoms with van der Waals surface area (Å²) < 4.78 is 0. The van der Waals surface area contributed by atoms with Crippen molar-refractivity contribution in [3.05, 3.63) is 46.6 Å². The molecule has 0 atom stereocenters. The Balaban J connectivity index is 2.10. The van der Waals surface area contributed by atoms with Gasteiger partial charge in [-0.1, -0.05) is 30.7 Å². The van der Waals surface area contributed by atoms with Gasteiger partial charge < -0.3 is 10.6 Å². The molecule has 1 amide bonds. The summed E-state index contributed by atoms with van der Waals surface area (Å²) in [5.74, 6) is 0.322. The molecule has 6 heteroatoms. The number of carbonyl (C=O) groups excluding carboxylic acids is 1. The standard InChI is InChI=1S/C15H17ClN4O/c1-3-9-17-13-8-7-12(19-20-13)15(21)18-14-10(2)5-4-6-11(14)16/h4-8H,3,9H2,1-2H3,(H,17,20)(H,18,21). The molecule has 0 saturated heterocycles. The number of anilines is 2. The van der Waals surface area contributed by atoms with E-state index in [1.54, 1.807) is 18.2 Å². The minimum atomic E-state index is -0.333. The van der Waals surface area contributed by atoms with Crippen molar-refractivity contribution in [2.24, 2.45) is 0 Å². The number of hydrogen-bond acceptors (Lipinski definition) is 4. The van der Waals surface area contributed by atoms with E-state index in [0.29, 0.717) is 16.5 Å². The Morgan fingerprint density at radius 1 is 1.24 bits per heavy atom. The number of hydrogen-bond donors (Lipinski definition) is 2. The van der Waals surface area contributed by atoms with E-state index < -0.39 is 0 Å². The van der Waals surface area contributed by atoms with E-state index in [-0.39, 0.29) is 11.6 Å². The van der Waals surface area contributed by atoms with Crippen LogP contribution in [0.1, 0.15) is 29.4 Å². The van der Waals surface area contributed by atoms with E-state index in [4.69, 9.17) is 11.6 Å². The van der Waals surface area contributed by atoms with E-state index in [1.807, 2.05) is 19.1 Å². The smallest absolute Gasteiger partial charge is 0.276 e. The number of carbonyl (C=O) groups is 1. The SMILES string of the molecule is CCCNc1ccc(C(=O)Nc2c(C)cccc2Cl)nn1. The van der Waals surface area contributed by atoms with Crippen LogP contribution in [-0.2, 0) is 0 Å². The van der Waals surface area contributed by atoms with Crippen molar-refractivity contribution in [1.29, 1.82) is 0 Å². The summed E-state index contributed by atoms with van der Waals surface area (Å²) in [6, 6.07) is 8.81. The van der Waals surface area contributed by atoms with Gasteiger partial charge in [-0.05, 0) is 37.1 Å². The lowest BCUT2D eigenvalue weighted by molar-refractivity contribution is 0.102. The normalized spacial score (nSPS) is 10.2. The molecule has 0 aliphatic rings. The number of halogens is 1. The molecule has 1 heterocycles. The quantitative estimate of drug-likeness (QED) is 0.887. The maximum absolute atomic E-state index is 12.2. The van der Waals surface area contributed by atoms with Crippen molar-refractivity contribution in [3.8, 4) is 0 Å². The molecule has 0 aliphatic carbocycles. The molecular formula is C15H17ClN4O. The van der Waals surface area contributed by atoms with Crippen LogP contribution in [0.25, 0.3) is 0 Å². The minimum absolute atomic E-state index is 0.247. The lowest BCUT2D eigenvalue weighted by Crippen LogP contribution is -2.16. The predicted molar refractivity (Wildman–Crippen MR) is 85.0 cm³/mol. The molecule has 5 nitrogen and oxygen atoms in total. The second-order valence-corrected chi connectivity index (χ2v) is 5.02. The first-order valence-electron chi connectivity index (χ1n) is 6.76. The zero-order valence-electron chi connectivity index (χ0n) is 12.0. The number of rotatable bonds is 5. The van der Waals surface area contributed by atoms with Crippen LogP contribution in [0.3, 0.4) is 0 Å². The van der Waals surface area contributed by atoms with Crippen molar-refractivity contribution >= 4 is 29.0 Å². The average Bonchev–Trinajstić information content (AvgIpc) is 2.49. The number of amides is 1. The average molecular weight is 305 g/mol. The van der Waals surface area contributed by atoms with E-state index in [0.717, 1.165) is 18.5 Å². The molecule has 1 aromatic carbocycles. The molecule has 21 heavy (non-hydrogen) atoms.